The van der Waals surface area contributed by atoms with Gasteiger partial charge in [-0.25, -0.2) is 0 Å². The first kappa shape index (κ1) is 22.8. The van der Waals surface area contributed by atoms with Crippen LogP contribution in [-0.2, 0) is 4.79 Å². The molecule has 180 valence electrons. The van der Waals surface area contributed by atoms with Crippen molar-refractivity contribution in [3.63, 3.8) is 0 Å². The van der Waals surface area contributed by atoms with Crippen LogP contribution in [0.3, 0.4) is 0 Å². The summed E-state index contributed by atoms with van der Waals surface area (Å²) in [5, 5.41) is 0. The lowest BCUT2D eigenvalue weighted by molar-refractivity contribution is -0.122. The van der Waals surface area contributed by atoms with Gasteiger partial charge in [-0.05, 0) is 73.1 Å². The highest BCUT2D eigenvalue weighted by atomic mass is 16.5. The zero-order valence-corrected chi connectivity index (χ0v) is 20.9. The van der Waals surface area contributed by atoms with Crippen LogP contribution in [0.5, 0.6) is 11.5 Å². The number of benzene rings is 1. The fourth-order valence-corrected chi connectivity index (χ4v) is 5.92. The number of amides is 1. The molecule has 3 atom stereocenters. The Morgan fingerprint density at radius 1 is 0.971 bits per heavy atom. The molecule has 1 amide bonds. The van der Waals surface area contributed by atoms with Gasteiger partial charge in [-0.3, -0.25) is 9.69 Å². The molecule has 3 unspecified atom stereocenters. The van der Waals surface area contributed by atoms with E-state index in [9.17, 15) is 4.79 Å². The summed E-state index contributed by atoms with van der Waals surface area (Å²) < 4.78 is 10.9. The minimum Gasteiger partial charge on any atom is -0.493 e. The van der Waals surface area contributed by atoms with Crippen molar-refractivity contribution >= 4 is 11.5 Å². The first-order chi connectivity index (χ1) is 16.4. The summed E-state index contributed by atoms with van der Waals surface area (Å²) in [6, 6.07) is 5.87. The molecule has 5 rings (SSSR count). The van der Waals surface area contributed by atoms with Gasteiger partial charge in [0.05, 0.1) is 19.9 Å². The SMILES string of the molecule is COc1ccc(C2=CC(=O)N3C=C(N4CC5CN(C)CC5C4)C=C(C)C3=CCC2C)cc1OC. The van der Waals surface area contributed by atoms with Crippen LogP contribution in [0, 0.1) is 17.8 Å². The van der Waals surface area contributed by atoms with Gasteiger partial charge in [0, 0.05) is 44.2 Å². The summed E-state index contributed by atoms with van der Waals surface area (Å²) >= 11 is 0. The quantitative estimate of drug-likeness (QED) is 0.675. The summed E-state index contributed by atoms with van der Waals surface area (Å²) in [5.74, 6) is 2.98. The number of nitrogens with zero attached hydrogens (tertiary/aromatic N) is 3. The molecule has 0 bridgehead atoms. The number of fused-ring (bicyclic) bond motifs is 2. The molecule has 34 heavy (non-hydrogen) atoms. The van der Waals surface area contributed by atoms with E-state index in [1.165, 1.54) is 13.1 Å². The van der Waals surface area contributed by atoms with E-state index in [1.807, 2.05) is 29.3 Å². The van der Waals surface area contributed by atoms with E-state index < -0.39 is 0 Å². The summed E-state index contributed by atoms with van der Waals surface area (Å²) in [4.78, 5) is 20.4. The average Bonchev–Trinajstić information content (AvgIpc) is 3.37. The molecular weight excluding hydrogens is 426 g/mol. The predicted molar refractivity (Wildman–Crippen MR) is 134 cm³/mol. The summed E-state index contributed by atoms with van der Waals surface area (Å²) in [7, 11) is 5.48. The van der Waals surface area contributed by atoms with E-state index in [4.69, 9.17) is 9.47 Å². The minimum atomic E-state index is -0.00772. The smallest absolute Gasteiger partial charge is 0.255 e. The van der Waals surface area contributed by atoms with Crippen molar-refractivity contribution in [2.45, 2.75) is 20.3 Å². The molecule has 0 spiro atoms. The van der Waals surface area contributed by atoms with E-state index in [-0.39, 0.29) is 11.8 Å². The normalized spacial score (nSPS) is 27.2. The maximum absolute atomic E-state index is 13.6. The molecule has 4 heterocycles. The Kier molecular flexibility index (Phi) is 6.02. The third kappa shape index (κ3) is 4.05. The maximum atomic E-state index is 13.6. The van der Waals surface area contributed by atoms with Crippen LogP contribution in [-0.4, -0.2) is 68.1 Å². The van der Waals surface area contributed by atoms with Crippen LogP contribution < -0.4 is 9.47 Å². The Hall–Kier alpha value is -2.99. The van der Waals surface area contributed by atoms with Crippen molar-refractivity contribution in [2.24, 2.45) is 17.8 Å². The standard InChI is InChI=1S/C28H35N3O3/c1-18-6-8-25-19(2)10-23(30-15-21-13-29(3)14-22(21)16-30)17-31(25)28(32)12-24(18)20-7-9-26(33-4)27(11-20)34-5/h7-12,17-18,21-22H,6,13-16H2,1-5H3. The first-order valence-electron chi connectivity index (χ1n) is 12.2. The Morgan fingerprint density at radius 2 is 1.68 bits per heavy atom. The molecule has 4 aliphatic rings. The number of hydrogen-bond donors (Lipinski definition) is 0. The lowest BCUT2D eigenvalue weighted by Crippen LogP contribution is -2.33. The molecule has 0 radical (unpaired) electrons. The van der Waals surface area contributed by atoms with Crippen molar-refractivity contribution < 1.29 is 14.3 Å². The molecule has 0 saturated carbocycles. The van der Waals surface area contributed by atoms with Crippen LogP contribution in [0.4, 0.5) is 0 Å². The first-order valence-corrected chi connectivity index (χ1v) is 12.2. The van der Waals surface area contributed by atoms with Gasteiger partial charge in [-0.15, -0.1) is 0 Å². The van der Waals surface area contributed by atoms with Gasteiger partial charge in [0.15, 0.2) is 11.5 Å². The largest absolute Gasteiger partial charge is 0.493 e. The third-order valence-corrected chi connectivity index (χ3v) is 7.75. The Balaban J connectivity index is 1.45. The lowest BCUT2D eigenvalue weighted by Gasteiger charge is -2.33. The van der Waals surface area contributed by atoms with Gasteiger partial charge >= 0.3 is 0 Å². The highest BCUT2D eigenvalue weighted by Crippen LogP contribution is 2.38. The Bertz CT molecular complexity index is 1100. The van der Waals surface area contributed by atoms with Crippen LogP contribution in [0.1, 0.15) is 25.8 Å². The molecule has 4 aliphatic heterocycles. The molecule has 2 saturated heterocycles. The molecule has 6 heteroatoms. The molecule has 1 aromatic rings. The molecular formula is C28H35N3O3. The van der Waals surface area contributed by atoms with Crippen LogP contribution in [0.25, 0.3) is 5.57 Å². The molecule has 0 aliphatic carbocycles. The summed E-state index contributed by atoms with van der Waals surface area (Å²) in [6.45, 7) is 8.76. The molecule has 1 aromatic carbocycles. The topological polar surface area (TPSA) is 45.2 Å². The van der Waals surface area contributed by atoms with Gasteiger partial charge in [0.2, 0.25) is 0 Å². The van der Waals surface area contributed by atoms with Crippen molar-refractivity contribution in [1.29, 1.82) is 0 Å². The van der Waals surface area contributed by atoms with Crippen LogP contribution >= 0.6 is 0 Å². The van der Waals surface area contributed by atoms with E-state index in [0.717, 1.165) is 59.4 Å². The molecule has 2 fully saturated rings. The zero-order chi connectivity index (χ0) is 24.0. The van der Waals surface area contributed by atoms with Crippen LogP contribution in [0.15, 0.2) is 59.6 Å². The number of ether oxygens (including phenoxy) is 2. The predicted octanol–water partition coefficient (Wildman–Crippen LogP) is 4.13. The van der Waals surface area contributed by atoms with E-state index in [1.54, 1.807) is 20.3 Å². The zero-order valence-electron chi connectivity index (χ0n) is 20.9. The van der Waals surface area contributed by atoms with E-state index in [2.05, 4.69) is 42.8 Å². The number of allylic oxidation sites excluding steroid dienone is 4. The molecule has 0 N–H and O–H groups in total. The fraction of sp³-hybridized carbons (Fsp3) is 0.464. The lowest BCUT2D eigenvalue weighted by atomic mass is 9.88. The number of methoxy groups -OCH3 is 2. The monoisotopic (exact) mass is 461 g/mol. The van der Waals surface area contributed by atoms with Gasteiger partial charge in [0.1, 0.15) is 0 Å². The second-order valence-electron chi connectivity index (χ2n) is 10.1. The van der Waals surface area contributed by atoms with E-state index >= 15 is 0 Å². The number of carbonyl (C=O) groups excluding carboxylic acids is 1. The van der Waals surface area contributed by atoms with E-state index in [0.29, 0.717) is 11.5 Å². The number of hydrogen-bond acceptors (Lipinski definition) is 5. The Morgan fingerprint density at radius 3 is 2.35 bits per heavy atom. The highest BCUT2D eigenvalue weighted by molar-refractivity contribution is 5.98. The third-order valence-electron chi connectivity index (χ3n) is 7.75. The van der Waals surface area contributed by atoms with Gasteiger partial charge < -0.3 is 19.3 Å². The molecule has 0 aromatic heterocycles. The second-order valence-corrected chi connectivity index (χ2v) is 10.1. The fourth-order valence-electron chi connectivity index (χ4n) is 5.92. The summed E-state index contributed by atoms with van der Waals surface area (Å²) in [6.07, 6.45) is 9.17. The summed E-state index contributed by atoms with van der Waals surface area (Å²) in [5.41, 5.74) is 5.30. The number of rotatable bonds is 4. The number of carbonyl (C=O) groups is 1. The second kappa shape index (κ2) is 8.99. The van der Waals surface area contributed by atoms with Gasteiger partial charge in [-0.1, -0.05) is 19.1 Å². The van der Waals surface area contributed by atoms with Gasteiger partial charge in [-0.2, -0.15) is 0 Å². The van der Waals surface area contributed by atoms with Crippen molar-refractivity contribution in [2.75, 3.05) is 47.4 Å². The van der Waals surface area contributed by atoms with Crippen molar-refractivity contribution in [3.05, 3.63) is 65.2 Å². The van der Waals surface area contributed by atoms with Crippen LogP contribution in [0.2, 0.25) is 0 Å². The Labute approximate surface area is 202 Å². The highest BCUT2D eigenvalue weighted by Gasteiger charge is 2.39. The van der Waals surface area contributed by atoms with Crippen molar-refractivity contribution in [3.8, 4) is 11.5 Å². The van der Waals surface area contributed by atoms with Gasteiger partial charge in [0.25, 0.3) is 5.91 Å². The molecule has 6 nitrogen and oxygen atoms in total. The maximum Gasteiger partial charge on any atom is 0.255 e. The minimum absolute atomic E-state index is 0.00772. The number of likely N-dealkylation sites (tertiary alicyclic amines) is 2. The average molecular weight is 462 g/mol. The van der Waals surface area contributed by atoms with Crippen molar-refractivity contribution in [1.82, 2.24) is 14.7 Å².